The molecule has 1 amide bonds. The van der Waals surface area contributed by atoms with Gasteiger partial charge in [0.05, 0.1) is 5.69 Å². The molecule has 2 aromatic heterocycles. The highest BCUT2D eigenvalue weighted by molar-refractivity contribution is 5.92. The monoisotopic (exact) mass is 405 g/mol. The molecular formula is C24H31N5O. The Morgan fingerprint density at radius 2 is 1.73 bits per heavy atom. The molecule has 4 rings (SSSR count). The highest BCUT2D eigenvalue weighted by Gasteiger charge is 2.25. The van der Waals surface area contributed by atoms with Crippen LogP contribution in [0.5, 0.6) is 0 Å². The first-order chi connectivity index (χ1) is 14.5. The van der Waals surface area contributed by atoms with E-state index in [0.29, 0.717) is 0 Å². The van der Waals surface area contributed by atoms with Crippen molar-refractivity contribution in [1.82, 2.24) is 24.1 Å². The molecule has 1 fully saturated rings. The number of aromatic nitrogens is 3. The molecule has 1 aromatic carbocycles. The Labute approximate surface area is 178 Å². The zero-order valence-corrected chi connectivity index (χ0v) is 18.2. The second-order valence-corrected chi connectivity index (χ2v) is 8.16. The Morgan fingerprint density at radius 1 is 1.00 bits per heavy atom. The van der Waals surface area contributed by atoms with Gasteiger partial charge < -0.3 is 9.47 Å². The molecule has 0 N–H and O–H groups in total. The fourth-order valence-corrected chi connectivity index (χ4v) is 4.24. The van der Waals surface area contributed by atoms with Crippen LogP contribution in [0.15, 0.2) is 48.7 Å². The maximum Gasteiger partial charge on any atom is 0.270 e. The number of nitrogens with zero attached hydrogens (tertiary/aromatic N) is 5. The highest BCUT2D eigenvalue weighted by atomic mass is 16.2. The van der Waals surface area contributed by atoms with E-state index in [9.17, 15) is 4.79 Å². The average Bonchev–Trinajstić information content (AvgIpc) is 3.33. The molecule has 30 heavy (non-hydrogen) atoms. The van der Waals surface area contributed by atoms with E-state index in [2.05, 4.69) is 52.7 Å². The lowest BCUT2D eigenvalue weighted by atomic mass is 10.1. The molecule has 0 radical (unpaired) electrons. The van der Waals surface area contributed by atoms with E-state index in [1.54, 1.807) is 0 Å². The van der Waals surface area contributed by atoms with Crippen molar-refractivity contribution in [1.29, 1.82) is 0 Å². The summed E-state index contributed by atoms with van der Waals surface area (Å²) in [6.45, 7) is 9.24. The summed E-state index contributed by atoms with van der Waals surface area (Å²) in [7, 11) is 2.00. The summed E-state index contributed by atoms with van der Waals surface area (Å²) in [6.07, 6.45) is 2.94. The first kappa shape index (κ1) is 20.4. The van der Waals surface area contributed by atoms with Crippen molar-refractivity contribution in [2.75, 3.05) is 26.2 Å². The van der Waals surface area contributed by atoms with Crippen molar-refractivity contribution in [3.63, 3.8) is 0 Å². The quantitative estimate of drug-likeness (QED) is 0.633. The zero-order valence-electron chi connectivity index (χ0n) is 18.2. The van der Waals surface area contributed by atoms with Crippen LogP contribution < -0.4 is 0 Å². The topological polar surface area (TPSA) is 46.3 Å². The second-order valence-electron chi connectivity index (χ2n) is 8.16. The summed E-state index contributed by atoms with van der Waals surface area (Å²) in [5.74, 6) is 0.140. The van der Waals surface area contributed by atoms with Gasteiger partial charge in [0, 0.05) is 63.8 Å². The van der Waals surface area contributed by atoms with Crippen LogP contribution in [-0.2, 0) is 26.6 Å². The third-order valence-corrected chi connectivity index (χ3v) is 6.23. The molecular weight excluding hydrogens is 374 g/mol. The Bertz CT molecular complexity index is 996. The van der Waals surface area contributed by atoms with Gasteiger partial charge in [0.1, 0.15) is 5.69 Å². The van der Waals surface area contributed by atoms with Gasteiger partial charge in [0.2, 0.25) is 0 Å². The molecule has 6 nitrogen and oxygen atoms in total. The second kappa shape index (κ2) is 8.88. The molecule has 0 saturated carbocycles. The van der Waals surface area contributed by atoms with Gasteiger partial charge in [-0.15, -0.1) is 0 Å². The van der Waals surface area contributed by atoms with Crippen LogP contribution in [0.1, 0.15) is 33.0 Å². The number of piperazine rings is 1. The standard InChI is InChI=1S/C24H31N5O/c1-19-22(20(2)26(3)25-19)18-27-14-16-29(17-15-27)24(30)23-10-7-12-28(23)13-11-21-8-5-4-6-9-21/h4-10,12H,11,13-18H2,1-3H3. The van der Waals surface area contributed by atoms with E-state index in [0.717, 1.165) is 57.1 Å². The number of hydrogen-bond acceptors (Lipinski definition) is 3. The minimum Gasteiger partial charge on any atom is -0.343 e. The van der Waals surface area contributed by atoms with Crippen molar-refractivity contribution in [3.8, 4) is 0 Å². The van der Waals surface area contributed by atoms with Crippen LogP contribution >= 0.6 is 0 Å². The number of aryl methyl sites for hydroxylation is 4. The molecule has 1 aliphatic rings. The normalized spacial score (nSPS) is 15.0. The Balaban J connectivity index is 1.34. The van der Waals surface area contributed by atoms with Crippen molar-refractivity contribution >= 4 is 5.91 Å². The lowest BCUT2D eigenvalue weighted by Gasteiger charge is -2.35. The fourth-order valence-electron chi connectivity index (χ4n) is 4.24. The van der Waals surface area contributed by atoms with E-state index < -0.39 is 0 Å². The molecule has 0 bridgehead atoms. The SMILES string of the molecule is Cc1nn(C)c(C)c1CN1CCN(C(=O)c2cccn2CCc2ccccc2)CC1. The van der Waals surface area contributed by atoms with Crippen LogP contribution in [0.3, 0.4) is 0 Å². The highest BCUT2D eigenvalue weighted by Crippen LogP contribution is 2.17. The summed E-state index contributed by atoms with van der Waals surface area (Å²) >= 11 is 0. The van der Waals surface area contributed by atoms with Gasteiger partial charge in [-0.25, -0.2) is 0 Å². The van der Waals surface area contributed by atoms with E-state index in [1.165, 1.54) is 16.8 Å². The van der Waals surface area contributed by atoms with E-state index in [1.807, 2.05) is 41.0 Å². The van der Waals surface area contributed by atoms with E-state index in [-0.39, 0.29) is 5.91 Å². The largest absolute Gasteiger partial charge is 0.343 e. The first-order valence-electron chi connectivity index (χ1n) is 10.7. The minimum absolute atomic E-state index is 0.140. The predicted molar refractivity (Wildman–Crippen MR) is 118 cm³/mol. The lowest BCUT2D eigenvalue weighted by Crippen LogP contribution is -2.48. The third kappa shape index (κ3) is 4.33. The molecule has 0 aliphatic carbocycles. The molecule has 3 heterocycles. The summed E-state index contributed by atoms with van der Waals surface area (Å²) < 4.78 is 4.04. The van der Waals surface area contributed by atoms with Gasteiger partial charge >= 0.3 is 0 Å². The molecule has 1 saturated heterocycles. The number of rotatable bonds is 6. The van der Waals surface area contributed by atoms with Crippen LogP contribution in [0.4, 0.5) is 0 Å². The zero-order chi connectivity index (χ0) is 21.1. The van der Waals surface area contributed by atoms with Gasteiger partial charge in [0.15, 0.2) is 0 Å². The average molecular weight is 406 g/mol. The van der Waals surface area contributed by atoms with Gasteiger partial charge in [0.25, 0.3) is 5.91 Å². The Kier molecular flexibility index (Phi) is 6.04. The summed E-state index contributed by atoms with van der Waals surface area (Å²) in [5.41, 5.74) is 5.72. The summed E-state index contributed by atoms with van der Waals surface area (Å²) in [6, 6.07) is 14.3. The molecule has 3 aromatic rings. The molecule has 0 spiro atoms. The van der Waals surface area contributed by atoms with Crippen LogP contribution in [-0.4, -0.2) is 56.2 Å². The van der Waals surface area contributed by atoms with Crippen LogP contribution in [0.2, 0.25) is 0 Å². The molecule has 6 heteroatoms. The van der Waals surface area contributed by atoms with Gasteiger partial charge in [-0.2, -0.15) is 5.10 Å². The number of benzene rings is 1. The Hall–Kier alpha value is -2.86. The lowest BCUT2D eigenvalue weighted by molar-refractivity contribution is 0.0617. The summed E-state index contributed by atoms with van der Waals surface area (Å²) in [4.78, 5) is 17.6. The first-order valence-corrected chi connectivity index (χ1v) is 10.7. The van der Waals surface area contributed by atoms with Crippen molar-refractivity contribution in [3.05, 3.63) is 76.9 Å². The molecule has 158 valence electrons. The van der Waals surface area contributed by atoms with E-state index in [4.69, 9.17) is 0 Å². The predicted octanol–water partition coefficient (Wildman–Crippen LogP) is 3.04. The number of hydrogen-bond donors (Lipinski definition) is 0. The number of carbonyl (C=O) groups excluding carboxylic acids is 1. The Morgan fingerprint density at radius 3 is 2.40 bits per heavy atom. The van der Waals surface area contributed by atoms with Crippen LogP contribution in [0, 0.1) is 13.8 Å². The van der Waals surface area contributed by atoms with Crippen molar-refractivity contribution < 1.29 is 4.79 Å². The molecule has 0 atom stereocenters. The van der Waals surface area contributed by atoms with Crippen LogP contribution in [0.25, 0.3) is 0 Å². The van der Waals surface area contributed by atoms with Crippen molar-refractivity contribution in [2.45, 2.75) is 33.4 Å². The van der Waals surface area contributed by atoms with Gasteiger partial charge in [-0.1, -0.05) is 30.3 Å². The fraction of sp³-hybridized carbons (Fsp3) is 0.417. The number of amides is 1. The minimum atomic E-state index is 0.140. The third-order valence-electron chi connectivity index (χ3n) is 6.23. The smallest absolute Gasteiger partial charge is 0.270 e. The van der Waals surface area contributed by atoms with Crippen molar-refractivity contribution in [2.24, 2.45) is 7.05 Å². The van der Waals surface area contributed by atoms with Gasteiger partial charge in [-0.05, 0) is 38.0 Å². The number of carbonyl (C=O) groups is 1. The molecule has 1 aliphatic heterocycles. The maximum atomic E-state index is 13.1. The summed E-state index contributed by atoms with van der Waals surface area (Å²) in [5, 5.41) is 4.52. The maximum absolute atomic E-state index is 13.1. The van der Waals surface area contributed by atoms with E-state index >= 15 is 0 Å². The van der Waals surface area contributed by atoms with Gasteiger partial charge in [-0.3, -0.25) is 14.4 Å². The molecule has 0 unspecified atom stereocenters.